The number of benzene rings is 1. The van der Waals surface area contributed by atoms with Gasteiger partial charge in [-0.05, 0) is 42.6 Å². The number of anilines is 2. The molecule has 0 bridgehead atoms. The van der Waals surface area contributed by atoms with Crippen LogP contribution in [0, 0.1) is 5.92 Å². The van der Waals surface area contributed by atoms with E-state index in [4.69, 9.17) is 16.3 Å². The number of sulfonamides is 1. The molecule has 1 aliphatic rings. The maximum absolute atomic E-state index is 14.2. The molecule has 11 nitrogen and oxygen atoms in total. The third-order valence-corrected chi connectivity index (χ3v) is 8.07. The van der Waals surface area contributed by atoms with Gasteiger partial charge in [0.1, 0.15) is 0 Å². The van der Waals surface area contributed by atoms with Gasteiger partial charge in [-0.15, -0.1) is 5.10 Å². The van der Waals surface area contributed by atoms with Gasteiger partial charge in [0.15, 0.2) is 6.04 Å². The molecule has 1 unspecified atom stereocenters. The van der Waals surface area contributed by atoms with Crippen molar-refractivity contribution in [3.8, 4) is 0 Å². The Kier molecular flexibility index (Phi) is 8.08. The third kappa shape index (κ3) is 6.10. The molecule has 3 heterocycles. The van der Waals surface area contributed by atoms with Crippen LogP contribution in [0.4, 0.5) is 24.5 Å². The highest BCUT2D eigenvalue weighted by Gasteiger charge is 2.47. The van der Waals surface area contributed by atoms with Gasteiger partial charge in [-0.3, -0.25) is 4.79 Å². The summed E-state index contributed by atoms with van der Waals surface area (Å²) >= 11 is 5.92. The fourth-order valence-corrected chi connectivity index (χ4v) is 5.65. The molecule has 1 aliphatic heterocycles. The molecular formula is C23H27ClF3N7O4S. The van der Waals surface area contributed by atoms with Crippen LogP contribution in [0.5, 0.6) is 0 Å². The van der Waals surface area contributed by atoms with Gasteiger partial charge >= 0.3 is 6.18 Å². The van der Waals surface area contributed by atoms with Gasteiger partial charge in [-0.2, -0.15) is 22.7 Å². The number of carbonyl (C=O) groups is 1. The predicted octanol–water partition coefficient (Wildman–Crippen LogP) is 3.57. The first-order chi connectivity index (χ1) is 18.2. The molecule has 1 N–H and O–H groups in total. The maximum atomic E-state index is 14.2. The van der Waals surface area contributed by atoms with Crippen molar-refractivity contribution in [3.05, 3.63) is 47.0 Å². The molecule has 16 heteroatoms. The van der Waals surface area contributed by atoms with Gasteiger partial charge in [-0.1, -0.05) is 12.1 Å². The number of aromatic nitrogens is 4. The van der Waals surface area contributed by atoms with E-state index in [9.17, 15) is 26.4 Å². The summed E-state index contributed by atoms with van der Waals surface area (Å²) < 4.78 is 74.1. The largest absolute Gasteiger partial charge is 0.413 e. The average Bonchev–Trinajstić information content (AvgIpc) is 3.50. The summed E-state index contributed by atoms with van der Waals surface area (Å²) in [6.07, 6.45) is -2.58. The molecule has 0 spiro atoms. The van der Waals surface area contributed by atoms with Crippen molar-refractivity contribution in [2.24, 2.45) is 5.92 Å². The van der Waals surface area contributed by atoms with E-state index in [1.54, 1.807) is 6.92 Å². The summed E-state index contributed by atoms with van der Waals surface area (Å²) in [4.78, 5) is 21.8. The van der Waals surface area contributed by atoms with Crippen molar-refractivity contribution in [1.82, 2.24) is 28.8 Å². The second-order valence-electron chi connectivity index (χ2n) is 9.27. The van der Waals surface area contributed by atoms with Crippen LogP contribution >= 0.6 is 11.6 Å². The number of halogens is 4. The minimum absolute atomic E-state index is 0.00736. The Labute approximate surface area is 228 Å². The van der Waals surface area contributed by atoms with E-state index in [-0.39, 0.29) is 36.1 Å². The molecular weight excluding hydrogens is 563 g/mol. The second kappa shape index (κ2) is 10.9. The Hall–Kier alpha value is -3.01. The number of amides is 1. The first kappa shape index (κ1) is 29.0. The van der Waals surface area contributed by atoms with E-state index in [0.717, 1.165) is 17.6 Å². The Morgan fingerprint density at radius 1 is 1.28 bits per heavy atom. The number of ether oxygens (including phenoxy) is 1. The molecule has 4 rings (SSSR count). The summed E-state index contributed by atoms with van der Waals surface area (Å²) in [7, 11) is -0.953. The molecule has 1 saturated heterocycles. The fourth-order valence-electron chi connectivity index (χ4n) is 4.61. The number of rotatable bonds is 8. The van der Waals surface area contributed by atoms with E-state index >= 15 is 0 Å². The number of hydrogen-bond donors (Lipinski definition) is 1. The molecule has 212 valence electrons. The second-order valence-corrected chi connectivity index (χ2v) is 11.6. The van der Waals surface area contributed by atoms with E-state index < -0.39 is 40.2 Å². The van der Waals surface area contributed by atoms with Crippen molar-refractivity contribution in [3.63, 3.8) is 0 Å². The number of nitrogens with one attached hydrogen (secondary N) is 1. The van der Waals surface area contributed by atoms with E-state index in [1.807, 2.05) is 0 Å². The van der Waals surface area contributed by atoms with Crippen molar-refractivity contribution in [2.45, 2.75) is 31.7 Å². The molecule has 0 saturated carbocycles. The first-order valence-corrected chi connectivity index (χ1v) is 14.0. The minimum Gasteiger partial charge on any atom is -0.375 e. The monoisotopic (exact) mass is 589 g/mol. The quantitative estimate of drug-likeness (QED) is 0.423. The van der Waals surface area contributed by atoms with Crippen LogP contribution in [0.25, 0.3) is 5.78 Å². The van der Waals surface area contributed by atoms with E-state index in [0.29, 0.717) is 22.0 Å². The Morgan fingerprint density at radius 3 is 2.51 bits per heavy atom. The van der Waals surface area contributed by atoms with Crippen LogP contribution < -0.4 is 5.32 Å². The van der Waals surface area contributed by atoms with Gasteiger partial charge in [0.2, 0.25) is 21.2 Å². The summed E-state index contributed by atoms with van der Waals surface area (Å²) in [6, 6.07) is 3.24. The summed E-state index contributed by atoms with van der Waals surface area (Å²) in [5.41, 5.74) is 1.32. The molecule has 2 aromatic heterocycles. The number of nitrogens with zero attached hydrogens (tertiary/aromatic N) is 6. The van der Waals surface area contributed by atoms with Crippen LogP contribution in [0.2, 0.25) is 5.28 Å². The number of fused-ring (bicyclic) bond motifs is 1. The minimum atomic E-state index is -4.77. The van der Waals surface area contributed by atoms with Crippen molar-refractivity contribution in [2.75, 3.05) is 38.8 Å². The zero-order chi connectivity index (χ0) is 28.7. The SMILES string of the molecule is CO[C@@H](C)c1c(Nc2ccc([C@H](N(C)C(=O)C3CCN(S(C)(=O)=O)C3)C(F)(F)F)cc2)cnc2nc(Cl)nn12. The predicted molar refractivity (Wildman–Crippen MR) is 137 cm³/mol. The highest BCUT2D eigenvalue weighted by Crippen LogP contribution is 2.39. The third-order valence-electron chi connectivity index (χ3n) is 6.64. The highest BCUT2D eigenvalue weighted by molar-refractivity contribution is 7.88. The van der Waals surface area contributed by atoms with Crippen LogP contribution in [0.3, 0.4) is 0 Å². The van der Waals surface area contributed by atoms with Gasteiger partial charge in [0, 0.05) is 32.9 Å². The molecule has 1 amide bonds. The lowest BCUT2D eigenvalue weighted by atomic mass is 10.0. The van der Waals surface area contributed by atoms with Gasteiger partial charge in [0.05, 0.1) is 35.9 Å². The molecule has 1 fully saturated rings. The Balaban J connectivity index is 1.58. The molecule has 0 radical (unpaired) electrons. The molecule has 39 heavy (non-hydrogen) atoms. The first-order valence-electron chi connectivity index (χ1n) is 11.8. The smallest absolute Gasteiger partial charge is 0.375 e. The molecule has 0 aliphatic carbocycles. The van der Waals surface area contributed by atoms with Crippen LogP contribution in [-0.4, -0.2) is 82.8 Å². The lowest BCUT2D eigenvalue weighted by Crippen LogP contribution is -2.43. The Morgan fingerprint density at radius 2 is 1.95 bits per heavy atom. The zero-order valence-corrected chi connectivity index (χ0v) is 23.0. The van der Waals surface area contributed by atoms with Crippen LogP contribution in [-0.2, 0) is 19.6 Å². The summed E-state index contributed by atoms with van der Waals surface area (Å²) in [5, 5.41) is 7.23. The van der Waals surface area contributed by atoms with E-state index in [2.05, 4.69) is 20.4 Å². The summed E-state index contributed by atoms with van der Waals surface area (Å²) in [6.45, 7) is 1.72. The number of alkyl halides is 3. The van der Waals surface area contributed by atoms with Crippen molar-refractivity contribution < 1.29 is 31.1 Å². The van der Waals surface area contributed by atoms with Gasteiger partial charge in [-0.25, -0.2) is 17.7 Å². The number of hydrogen-bond acceptors (Lipinski definition) is 8. The number of carbonyl (C=O) groups excluding carboxylic acids is 1. The van der Waals surface area contributed by atoms with Gasteiger partial charge in [0.25, 0.3) is 5.78 Å². The van der Waals surface area contributed by atoms with Crippen LogP contribution in [0.1, 0.15) is 36.7 Å². The summed E-state index contributed by atoms with van der Waals surface area (Å²) in [5.74, 6) is -1.37. The fraction of sp³-hybridized carbons (Fsp3) is 0.478. The number of methoxy groups -OCH3 is 1. The molecule has 3 aromatic rings. The molecule has 3 atom stereocenters. The standard InChI is InChI=1S/C23H27ClF3N7O4S/c1-13(38-3)18-17(11-28-22-30-21(24)31-34(18)22)29-16-7-5-14(6-8-16)19(23(25,26)27)32(2)20(35)15-9-10-33(12-15)39(4,36)37/h5-8,11,13,15,19,29H,9-10,12H2,1-4H3/t13-,15?,19-/m0/s1. The van der Waals surface area contributed by atoms with Crippen LogP contribution in [0.15, 0.2) is 30.5 Å². The Bertz CT molecular complexity index is 1470. The molecule has 1 aromatic carbocycles. The zero-order valence-electron chi connectivity index (χ0n) is 21.5. The van der Waals surface area contributed by atoms with Crippen molar-refractivity contribution in [1.29, 1.82) is 0 Å². The van der Waals surface area contributed by atoms with E-state index in [1.165, 1.54) is 42.1 Å². The average molecular weight is 590 g/mol. The lowest BCUT2D eigenvalue weighted by Gasteiger charge is -2.32. The van der Waals surface area contributed by atoms with Gasteiger partial charge < -0.3 is 15.0 Å². The topological polar surface area (TPSA) is 122 Å². The normalized spacial score (nSPS) is 18.3. The lowest BCUT2D eigenvalue weighted by molar-refractivity contribution is -0.190. The maximum Gasteiger partial charge on any atom is 0.413 e. The highest BCUT2D eigenvalue weighted by atomic mass is 35.5. The van der Waals surface area contributed by atoms with Crippen molar-refractivity contribution >= 4 is 44.7 Å².